The Labute approximate surface area is 152 Å². The van der Waals surface area contributed by atoms with Crippen molar-refractivity contribution < 1.29 is 14.0 Å². The number of hydrogen-bond donors (Lipinski definition) is 0. The summed E-state index contributed by atoms with van der Waals surface area (Å²) in [4.78, 5) is 29.2. The Hall–Kier alpha value is -2.57. The smallest absolute Gasteiger partial charge is 0.258 e. The third-order valence-electron chi connectivity index (χ3n) is 5.39. The van der Waals surface area contributed by atoms with E-state index in [1.54, 1.807) is 12.3 Å². The predicted octanol–water partition coefficient (Wildman–Crippen LogP) is 2.13. The highest BCUT2D eigenvalue weighted by Crippen LogP contribution is 2.24. The third kappa shape index (κ3) is 3.02. The molecule has 0 aromatic carbocycles. The van der Waals surface area contributed by atoms with E-state index in [4.69, 9.17) is 4.42 Å². The molecule has 4 rings (SSSR count). The van der Waals surface area contributed by atoms with Gasteiger partial charge in [0.2, 0.25) is 5.91 Å². The lowest BCUT2D eigenvalue weighted by Gasteiger charge is -2.32. The van der Waals surface area contributed by atoms with Gasteiger partial charge in [0, 0.05) is 32.3 Å². The molecule has 2 amide bonds. The van der Waals surface area contributed by atoms with Gasteiger partial charge in [-0.05, 0) is 38.8 Å². The molecule has 0 saturated carbocycles. The van der Waals surface area contributed by atoms with Crippen LogP contribution < -0.4 is 0 Å². The van der Waals surface area contributed by atoms with E-state index in [1.807, 2.05) is 34.4 Å². The molecule has 0 spiro atoms. The SMILES string of the molecule is Cc1cc(C(=O)N2Cc3ccnn3CCC2CN2CCCC2=O)c(C)o1. The Morgan fingerprint density at radius 1 is 1.35 bits per heavy atom. The van der Waals surface area contributed by atoms with Gasteiger partial charge in [-0.15, -0.1) is 0 Å². The van der Waals surface area contributed by atoms with Crippen LogP contribution in [0.2, 0.25) is 0 Å². The van der Waals surface area contributed by atoms with Crippen LogP contribution in [0.3, 0.4) is 0 Å². The Balaban J connectivity index is 1.64. The summed E-state index contributed by atoms with van der Waals surface area (Å²) in [6.45, 7) is 6.29. The number of rotatable bonds is 3. The van der Waals surface area contributed by atoms with E-state index in [-0.39, 0.29) is 17.9 Å². The molecule has 7 heteroatoms. The normalized spacial score (nSPS) is 20.4. The molecule has 0 aliphatic carbocycles. The van der Waals surface area contributed by atoms with Gasteiger partial charge >= 0.3 is 0 Å². The van der Waals surface area contributed by atoms with Crippen molar-refractivity contribution in [1.82, 2.24) is 19.6 Å². The van der Waals surface area contributed by atoms with Crippen LogP contribution in [-0.4, -0.2) is 50.5 Å². The van der Waals surface area contributed by atoms with E-state index in [9.17, 15) is 9.59 Å². The van der Waals surface area contributed by atoms with E-state index < -0.39 is 0 Å². The lowest BCUT2D eigenvalue weighted by molar-refractivity contribution is -0.128. The fraction of sp³-hybridized carbons (Fsp3) is 0.526. The molecule has 26 heavy (non-hydrogen) atoms. The van der Waals surface area contributed by atoms with Crippen LogP contribution in [0.5, 0.6) is 0 Å². The molecule has 1 atom stereocenters. The quantitative estimate of drug-likeness (QED) is 0.845. The molecular weight excluding hydrogens is 332 g/mol. The number of amides is 2. The molecule has 4 heterocycles. The molecule has 2 aromatic heterocycles. The molecule has 2 aliphatic heterocycles. The van der Waals surface area contributed by atoms with Crippen molar-refractivity contribution in [1.29, 1.82) is 0 Å². The second-order valence-corrected chi connectivity index (χ2v) is 7.19. The average Bonchev–Trinajstić information content (AvgIpc) is 3.28. The molecule has 7 nitrogen and oxygen atoms in total. The van der Waals surface area contributed by atoms with Gasteiger partial charge < -0.3 is 14.2 Å². The number of aryl methyl sites for hydroxylation is 3. The highest BCUT2D eigenvalue weighted by atomic mass is 16.3. The van der Waals surface area contributed by atoms with Gasteiger partial charge in [0.1, 0.15) is 11.5 Å². The summed E-state index contributed by atoms with van der Waals surface area (Å²) < 4.78 is 7.53. The Morgan fingerprint density at radius 2 is 2.19 bits per heavy atom. The van der Waals surface area contributed by atoms with Crippen molar-refractivity contribution in [2.45, 2.75) is 52.2 Å². The summed E-state index contributed by atoms with van der Waals surface area (Å²) in [5.74, 6) is 1.53. The fourth-order valence-corrected chi connectivity index (χ4v) is 4.00. The van der Waals surface area contributed by atoms with E-state index in [1.165, 1.54) is 0 Å². The van der Waals surface area contributed by atoms with Crippen LogP contribution in [0, 0.1) is 13.8 Å². The fourth-order valence-electron chi connectivity index (χ4n) is 4.00. The summed E-state index contributed by atoms with van der Waals surface area (Å²) in [5.41, 5.74) is 1.62. The van der Waals surface area contributed by atoms with Gasteiger partial charge in [-0.2, -0.15) is 5.10 Å². The topological polar surface area (TPSA) is 71.6 Å². The molecule has 0 radical (unpaired) electrons. The molecule has 2 aliphatic rings. The minimum absolute atomic E-state index is 0.0270. The van der Waals surface area contributed by atoms with Crippen molar-refractivity contribution in [2.75, 3.05) is 13.1 Å². The lowest BCUT2D eigenvalue weighted by Crippen LogP contribution is -2.46. The summed E-state index contributed by atoms with van der Waals surface area (Å²) in [6, 6.07) is 3.73. The van der Waals surface area contributed by atoms with Crippen molar-refractivity contribution in [3.05, 3.63) is 41.1 Å². The zero-order chi connectivity index (χ0) is 18.3. The summed E-state index contributed by atoms with van der Waals surface area (Å²) >= 11 is 0. The van der Waals surface area contributed by atoms with Gasteiger partial charge in [0.25, 0.3) is 5.91 Å². The van der Waals surface area contributed by atoms with Crippen molar-refractivity contribution in [2.24, 2.45) is 0 Å². The van der Waals surface area contributed by atoms with Gasteiger partial charge in [-0.1, -0.05) is 0 Å². The second kappa shape index (κ2) is 6.63. The number of likely N-dealkylation sites (tertiary alicyclic amines) is 1. The van der Waals surface area contributed by atoms with Crippen LogP contribution in [0.4, 0.5) is 0 Å². The molecule has 138 valence electrons. The van der Waals surface area contributed by atoms with Crippen LogP contribution >= 0.6 is 0 Å². The van der Waals surface area contributed by atoms with E-state index >= 15 is 0 Å². The number of fused-ring (bicyclic) bond motifs is 1. The number of hydrogen-bond acceptors (Lipinski definition) is 4. The maximum atomic E-state index is 13.3. The molecule has 1 saturated heterocycles. The predicted molar refractivity (Wildman–Crippen MR) is 94.5 cm³/mol. The first-order chi connectivity index (χ1) is 12.5. The maximum Gasteiger partial charge on any atom is 0.258 e. The minimum Gasteiger partial charge on any atom is -0.466 e. The molecule has 2 aromatic rings. The first-order valence-electron chi connectivity index (χ1n) is 9.19. The Kier molecular flexibility index (Phi) is 4.30. The second-order valence-electron chi connectivity index (χ2n) is 7.19. The van der Waals surface area contributed by atoms with Crippen molar-refractivity contribution in [3.8, 4) is 0 Å². The third-order valence-corrected chi connectivity index (χ3v) is 5.39. The van der Waals surface area contributed by atoms with E-state index in [2.05, 4.69) is 5.10 Å². The highest BCUT2D eigenvalue weighted by molar-refractivity contribution is 5.95. The largest absolute Gasteiger partial charge is 0.466 e. The number of carbonyl (C=O) groups is 2. The molecule has 0 bridgehead atoms. The van der Waals surface area contributed by atoms with Crippen LogP contribution in [0.15, 0.2) is 22.7 Å². The first kappa shape index (κ1) is 16.9. The maximum absolute atomic E-state index is 13.3. The van der Waals surface area contributed by atoms with Crippen LogP contribution in [0.1, 0.15) is 46.8 Å². The zero-order valence-electron chi connectivity index (χ0n) is 15.3. The van der Waals surface area contributed by atoms with Crippen LogP contribution in [0.25, 0.3) is 0 Å². The lowest BCUT2D eigenvalue weighted by atomic mass is 10.1. The Bertz CT molecular complexity index is 838. The summed E-state index contributed by atoms with van der Waals surface area (Å²) in [7, 11) is 0. The molecule has 0 N–H and O–H groups in total. The van der Waals surface area contributed by atoms with Crippen molar-refractivity contribution in [3.63, 3.8) is 0 Å². The zero-order valence-corrected chi connectivity index (χ0v) is 15.3. The van der Waals surface area contributed by atoms with Gasteiger partial charge in [-0.3, -0.25) is 14.3 Å². The number of furan rings is 1. The standard InChI is InChI=1S/C19H24N4O3/c1-13-10-17(14(2)26-13)19(25)22-12-16-5-7-20-23(16)9-6-15(22)11-21-8-3-4-18(21)24/h5,7,10,15H,3-4,6,8-9,11-12H2,1-2H3. The van der Waals surface area contributed by atoms with Crippen molar-refractivity contribution >= 4 is 11.8 Å². The Morgan fingerprint density at radius 3 is 2.88 bits per heavy atom. The van der Waals surface area contributed by atoms with E-state index in [0.29, 0.717) is 30.8 Å². The number of aromatic nitrogens is 2. The number of nitrogens with zero attached hydrogens (tertiary/aromatic N) is 4. The van der Waals surface area contributed by atoms with Crippen LogP contribution in [-0.2, 0) is 17.9 Å². The number of carbonyl (C=O) groups excluding carboxylic acids is 2. The first-order valence-corrected chi connectivity index (χ1v) is 9.19. The van der Waals surface area contributed by atoms with Gasteiger partial charge in [-0.25, -0.2) is 0 Å². The van der Waals surface area contributed by atoms with Gasteiger partial charge in [0.05, 0.1) is 23.8 Å². The summed E-state index contributed by atoms with van der Waals surface area (Å²) in [6.07, 6.45) is 4.07. The minimum atomic E-state index is -0.0364. The highest BCUT2D eigenvalue weighted by Gasteiger charge is 2.33. The average molecular weight is 356 g/mol. The molecular formula is C19H24N4O3. The molecule has 1 unspecified atom stereocenters. The van der Waals surface area contributed by atoms with E-state index in [0.717, 1.165) is 37.4 Å². The van der Waals surface area contributed by atoms with Gasteiger partial charge in [0.15, 0.2) is 0 Å². The monoisotopic (exact) mass is 356 g/mol. The summed E-state index contributed by atoms with van der Waals surface area (Å²) in [5, 5.41) is 4.37. The molecule has 1 fully saturated rings.